The zero-order valence-electron chi connectivity index (χ0n) is 17.3. The van der Waals surface area contributed by atoms with E-state index in [9.17, 15) is 4.79 Å². The monoisotopic (exact) mass is 394 g/mol. The summed E-state index contributed by atoms with van der Waals surface area (Å²) in [5.74, 6) is 1.26. The van der Waals surface area contributed by atoms with Gasteiger partial charge in [0.05, 0.1) is 14.2 Å². The normalized spacial score (nSPS) is 17.2. The fraction of sp³-hybridized carbons (Fsp3) is 0.375. The van der Waals surface area contributed by atoms with E-state index in [2.05, 4.69) is 34.5 Å². The number of nitrogens with one attached hydrogen (secondary N) is 1. The number of nitrogens with zero attached hydrogens (tertiary/aromatic N) is 1. The number of carbonyl (C=O) groups excluding carboxylic acids is 1. The quantitative estimate of drug-likeness (QED) is 0.696. The van der Waals surface area contributed by atoms with Gasteiger partial charge in [0.1, 0.15) is 0 Å². The van der Waals surface area contributed by atoms with Crippen molar-refractivity contribution < 1.29 is 14.3 Å². The van der Waals surface area contributed by atoms with Gasteiger partial charge in [-0.3, -0.25) is 4.79 Å². The van der Waals surface area contributed by atoms with Crippen LogP contribution in [0.2, 0.25) is 0 Å². The molecule has 0 radical (unpaired) electrons. The Balaban J connectivity index is 1.49. The molecule has 0 aromatic heterocycles. The van der Waals surface area contributed by atoms with Gasteiger partial charge in [-0.25, -0.2) is 0 Å². The second-order valence-corrected chi connectivity index (χ2v) is 7.33. The zero-order chi connectivity index (χ0) is 20.5. The van der Waals surface area contributed by atoms with Crippen molar-refractivity contribution in [2.24, 2.45) is 0 Å². The molecule has 2 aromatic carbocycles. The zero-order valence-corrected chi connectivity index (χ0v) is 17.3. The van der Waals surface area contributed by atoms with Gasteiger partial charge in [0.25, 0.3) is 0 Å². The van der Waals surface area contributed by atoms with Gasteiger partial charge in [-0.1, -0.05) is 36.4 Å². The summed E-state index contributed by atoms with van der Waals surface area (Å²) in [6.45, 7) is 3.03. The molecule has 5 nitrogen and oxygen atoms in total. The number of rotatable bonds is 8. The van der Waals surface area contributed by atoms with Gasteiger partial charge < -0.3 is 19.7 Å². The molecule has 1 heterocycles. The van der Waals surface area contributed by atoms with Crippen molar-refractivity contribution in [1.82, 2.24) is 10.2 Å². The minimum absolute atomic E-state index is 0.0605. The molecule has 0 saturated carbocycles. The molecule has 1 amide bonds. The predicted octanol–water partition coefficient (Wildman–Crippen LogP) is 3.54. The predicted molar refractivity (Wildman–Crippen MR) is 116 cm³/mol. The lowest BCUT2D eigenvalue weighted by molar-refractivity contribution is -0.117. The number of likely N-dealkylation sites (tertiary alicyclic amines) is 1. The highest BCUT2D eigenvalue weighted by molar-refractivity contribution is 5.92. The number of benzene rings is 2. The van der Waals surface area contributed by atoms with Crippen molar-refractivity contribution in [2.45, 2.75) is 25.3 Å². The summed E-state index contributed by atoms with van der Waals surface area (Å²) in [6, 6.07) is 16.3. The number of hydrogen-bond acceptors (Lipinski definition) is 4. The van der Waals surface area contributed by atoms with Gasteiger partial charge in [0.2, 0.25) is 5.91 Å². The molecule has 1 atom stereocenters. The van der Waals surface area contributed by atoms with Crippen molar-refractivity contribution >= 4 is 12.0 Å². The van der Waals surface area contributed by atoms with Crippen LogP contribution < -0.4 is 14.8 Å². The first-order chi connectivity index (χ1) is 14.2. The van der Waals surface area contributed by atoms with Gasteiger partial charge in [0, 0.05) is 25.2 Å². The molecule has 1 saturated heterocycles. The largest absolute Gasteiger partial charge is 0.493 e. The number of hydrogen-bond donors (Lipinski definition) is 1. The van der Waals surface area contributed by atoms with Crippen LogP contribution in [0, 0.1) is 0 Å². The molecule has 1 N–H and O–H groups in total. The van der Waals surface area contributed by atoms with Crippen LogP contribution in [-0.4, -0.2) is 50.7 Å². The number of carbonyl (C=O) groups is 1. The third-order valence-electron chi connectivity index (χ3n) is 5.25. The average molecular weight is 395 g/mol. The van der Waals surface area contributed by atoms with Crippen LogP contribution in [0.15, 0.2) is 54.6 Å². The Morgan fingerprint density at radius 1 is 1.14 bits per heavy atom. The van der Waals surface area contributed by atoms with E-state index in [4.69, 9.17) is 9.47 Å². The summed E-state index contributed by atoms with van der Waals surface area (Å²) in [7, 11) is 3.21. The second-order valence-electron chi connectivity index (χ2n) is 7.33. The molecule has 29 heavy (non-hydrogen) atoms. The third kappa shape index (κ3) is 6.36. The first-order valence-electron chi connectivity index (χ1n) is 10.1. The number of methoxy groups -OCH3 is 2. The summed E-state index contributed by atoms with van der Waals surface area (Å²) in [6.07, 6.45) is 6.56. The molecule has 2 aromatic rings. The van der Waals surface area contributed by atoms with E-state index < -0.39 is 0 Å². The molecule has 5 heteroatoms. The molecular formula is C24H30N2O3. The van der Waals surface area contributed by atoms with E-state index in [1.165, 1.54) is 5.56 Å². The molecule has 0 bridgehead atoms. The molecule has 154 valence electrons. The maximum absolute atomic E-state index is 12.4. The molecule has 0 unspecified atom stereocenters. The van der Waals surface area contributed by atoms with E-state index in [-0.39, 0.29) is 11.9 Å². The van der Waals surface area contributed by atoms with Crippen molar-refractivity contribution in [3.8, 4) is 11.5 Å². The van der Waals surface area contributed by atoms with Gasteiger partial charge >= 0.3 is 0 Å². The Labute approximate surface area is 173 Å². The highest BCUT2D eigenvalue weighted by Crippen LogP contribution is 2.27. The molecule has 1 fully saturated rings. The van der Waals surface area contributed by atoms with Crippen molar-refractivity contribution in [3.63, 3.8) is 0 Å². The summed E-state index contributed by atoms with van der Waals surface area (Å²) in [4.78, 5) is 14.8. The van der Waals surface area contributed by atoms with Crippen LogP contribution in [0.5, 0.6) is 11.5 Å². The Kier molecular flexibility index (Phi) is 7.70. The van der Waals surface area contributed by atoms with Crippen molar-refractivity contribution in [3.05, 3.63) is 65.7 Å². The lowest BCUT2D eigenvalue weighted by atomic mass is 10.0. The molecule has 0 aliphatic carbocycles. The van der Waals surface area contributed by atoms with Crippen LogP contribution in [0.4, 0.5) is 0 Å². The minimum atomic E-state index is -0.0605. The Morgan fingerprint density at radius 3 is 2.69 bits per heavy atom. The maximum Gasteiger partial charge on any atom is 0.244 e. The highest BCUT2D eigenvalue weighted by atomic mass is 16.5. The van der Waals surface area contributed by atoms with Crippen molar-refractivity contribution in [2.75, 3.05) is 33.9 Å². The molecule has 1 aliphatic heterocycles. The maximum atomic E-state index is 12.4. The van der Waals surface area contributed by atoms with Gasteiger partial charge in [-0.15, -0.1) is 0 Å². The Morgan fingerprint density at radius 2 is 1.93 bits per heavy atom. The molecule has 1 aliphatic rings. The van der Waals surface area contributed by atoms with E-state index in [1.54, 1.807) is 26.4 Å². The smallest absolute Gasteiger partial charge is 0.244 e. The first kappa shape index (κ1) is 20.9. The summed E-state index contributed by atoms with van der Waals surface area (Å²) < 4.78 is 10.5. The van der Waals surface area contributed by atoms with Crippen LogP contribution >= 0.6 is 0 Å². The summed E-state index contributed by atoms with van der Waals surface area (Å²) >= 11 is 0. The lowest BCUT2D eigenvalue weighted by Crippen LogP contribution is -2.47. The van der Waals surface area contributed by atoms with Crippen LogP contribution in [0.25, 0.3) is 6.08 Å². The SMILES string of the molecule is COc1ccc(/C=C/C(=O)N[C@H]2CCCN(CCc3ccccc3)C2)cc1OC. The first-order valence-corrected chi connectivity index (χ1v) is 10.1. The van der Waals surface area contributed by atoms with Crippen molar-refractivity contribution in [1.29, 1.82) is 0 Å². The van der Waals surface area contributed by atoms with E-state index in [0.717, 1.165) is 44.5 Å². The van der Waals surface area contributed by atoms with Gasteiger partial charge in [0.15, 0.2) is 11.5 Å². The average Bonchev–Trinajstić information content (AvgIpc) is 2.77. The Bertz CT molecular complexity index is 820. The summed E-state index contributed by atoms with van der Waals surface area (Å²) in [5, 5.41) is 3.15. The topological polar surface area (TPSA) is 50.8 Å². The van der Waals surface area contributed by atoms with Crippen LogP contribution in [0.1, 0.15) is 24.0 Å². The fourth-order valence-corrected chi connectivity index (χ4v) is 3.69. The minimum Gasteiger partial charge on any atom is -0.493 e. The third-order valence-corrected chi connectivity index (χ3v) is 5.25. The number of ether oxygens (including phenoxy) is 2. The fourth-order valence-electron chi connectivity index (χ4n) is 3.69. The summed E-state index contributed by atoms with van der Waals surface area (Å²) in [5.41, 5.74) is 2.25. The van der Waals surface area contributed by atoms with E-state index >= 15 is 0 Å². The van der Waals surface area contributed by atoms with Crippen LogP contribution in [-0.2, 0) is 11.2 Å². The molecular weight excluding hydrogens is 364 g/mol. The molecule has 3 rings (SSSR count). The second kappa shape index (κ2) is 10.7. The van der Waals surface area contributed by atoms with Crippen LogP contribution in [0.3, 0.4) is 0 Å². The molecule has 0 spiro atoms. The van der Waals surface area contributed by atoms with E-state index in [1.807, 2.05) is 24.3 Å². The Hall–Kier alpha value is -2.79. The van der Waals surface area contributed by atoms with Gasteiger partial charge in [-0.2, -0.15) is 0 Å². The van der Waals surface area contributed by atoms with E-state index in [0.29, 0.717) is 11.5 Å². The highest BCUT2D eigenvalue weighted by Gasteiger charge is 2.20. The number of piperidine rings is 1. The standard InChI is InChI=1S/C24H30N2O3/c1-28-22-12-10-20(17-23(22)29-2)11-13-24(27)25-21-9-6-15-26(18-21)16-14-19-7-4-3-5-8-19/h3-5,7-8,10-13,17,21H,6,9,14-16,18H2,1-2H3,(H,25,27)/b13-11+/t21-/m0/s1. The number of amides is 1. The lowest BCUT2D eigenvalue weighted by Gasteiger charge is -2.33. The van der Waals surface area contributed by atoms with Gasteiger partial charge in [-0.05, 0) is 55.1 Å².